The van der Waals surface area contributed by atoms with Crippen LogP contribution >= 0.6 is 0 Å². The maximum atomic E-state index is 6.28. The average Bonchev–Trinajstić information content (AvgIpc) is 3.13. The summed E-state index contributed by atoms with van der Waals surface area (Å²) in [5.74, 6) is 2.43. The van der Waals surface area contributed by atoms with Crippen molar-refractivity contribution in [2.45, 2.75) is 31.0 Å². The Labute approximate surface area is 123 Å². The molecule has 0 saturated carbocycles. The number of ether oxygens (including phenoxy) is 3. The smallest absolute Gasteiger partial charge is 0.231 e. The molecule has 3 unspecified atom stereocenters. The van der Waals surface area contributed by atoms with Crippen LogP contribution in [0.4, 0.5) is 0 Å². The highest BCUT2D eigenvalue weighted by molar-refractivity contribution is 5.46. The van der Waals surface area contributed by atoms with Crippen molar-refractivity contribution in [3.05, 3.63) is 23.8 Å². The Balaban J connectivity index is 1.61. The maximum absolute atomic E-state index is 6.28. The number of hydrogen-bond donors (Lipinski definition) is 3. The number of hydrazine groups is 1. The lowest BCUT2D eigenvalue weighted by Gasteiger charge is -2.31. The molecule has 4 N–H and O–H groups in total. The van der Waals surface area contributed by atoms with E-state index in [9.17, 15) is 0 Å². The molecule has 6 nitrogen and oxygen atoms in total. The summed E-state index contributed by atoms with van der Waals surface area (Å²) in [7, 11) is 0. The Kier molecular flexibility index (Phi) is 3.46. The van der Waals surface area contributed by atoms with Crippen LogP contribution in [0.1, 0.15) is 24.3 Å². The minimum absolute atomic E-state index is 0.0989. The van der Waals surface area contributed by atoms with Crippen molar-refractivity contribution in [3.8, 4) is 11.5 Å². The third-order valence-electron chi connectivity index (χ3n) is 4.75. The van der Waals surface area contributed by atoms with Gasteiger partial charge in [-0.2, -0.15) is 0 Å². The summed E-state index contributed by atoms with van der Waals surface area (Å²) in [6, 6.07) is 6.46. The predicted molar refractivity (Wildman–Crippen MR) is 76.9 cm³/mol. The van der Waals surface area contributed by atoms with Gasteiger partial charge in [-0.1, -0.05) is 6.07 Å². The van der Waals surface area contributed by atoms with Gasteiger partial charge < -0.3 is 19.9 Å². The molecule has 0 spiro atoms. The van der Waals surface area contributed by atoms with E-state index < -0.39 is 0 Å². The number of rotatable bonds is 2. The molecule has 0 aliphatic carbocycles. The minimum atomic E-state index is -0.0989. The number of nitrogens with one attached hydrogen (secondary N) is 2. The van der Waals surface area contributed by atoms with Crippen molar-refractivity contribution >= 4 is 0 Å². The van der Waals surface area contributed by atoms with Crippen LogP contribution in [-0.2, 0) is 4.74 Å². The maximum Gasteiger partial charge on any atom is 0.231 e. The second-order valence-electron chi connectivity index (χ2n) is 5.93. The van der Waals surface area contributed by atoms with Crippen molar-refractivity contribution in [2.75, 3.05) is 20.0 Å². The van der Waals surface area contributed by atoms with Gasteiger partial charge in [0.25, 0.3) is 0 Å². The van der Waals surface area contributed by atoms with Crippen LogP contribution < -0.4 is 26.1 Å². The summed E-state index contributed by atoms with van der Waals surface area (Å²) >= 11 is 0. The highest BCUT2D eigenvalue weighted by Crippen LogP contribution is 2.39. The first-order valence-electron chi connectivity index (χ1n) is 7.57. The molecule has 3 aliphatic rings. The number of nitrogens with two attached hydrogens (primary N) is 1. The van der Waals surface area contributed by atoms with Gasteiger partial charge in [-0.05, 0) is 36.5 Å². The fraction of sp³-hybridized carbons (Fsp3) is 0.600. The standard InChI is InChI=1S/C15H21N3O3/c16-15-13(10-1-2-11-12(7-10)21-8-20-11)14(17-18-15)9-3-5-19-6-4-9/h1-2,7,9,13-15,17-18H,3-6,8,16H2. The molecule has 3 atom stereocenters. The number of benzene rings is 1. The Morgan fingerprint density at radius 3 is 2.71 bits per heavy atom. The number of fused-ring (bicyclic) bond motifs is 1. The van der Waals surface area contributed by atoms with Gasteiger partial charge in [-0.25, -0.2) is 5.43 Å². The summed E-state index contributed by atoms with van der Waals surface area (Å²) in [5.41, 5.74) is 14.1. The van der Waals surface area contributed by atoms with E-state index in [4.69, 9.17) is 19.9 Å². The van der Waals surface area contributed by atoms with Gasteiger partial charge in [0.2, 0.25) is 6.79 Å². The summed E-state index contributed by atoms with van der Waals surface area (Å²) < 4.78 is 16.3. The molecular weight excluding hydrogens is 270 g/mol. The van der Waals surface area contributed by atoms with Crippen molar-refractivity contribution in [3.63, 3.8) is 0 Å². The third-order valence-corrected chi connectivity index (χ3v) is 4.75. The lowest BCUT2D eigenvalue weighted by atomic mass is 9.80. The molecule has 1 aromatic carbocycles. The number of hydrogen-bond acceptors (Lipinski definition) is 6. The van der Waals surface area contributed by atoms with Gasteiger partial charge in [-0.15, -0.1) is 0 Å². The van der Waals surface area contributed by atoms with E-state index in [2.05, 4.69) is 23.0 Å². The average molecular weight is 291 g/mol. The molecule has 1 aromatic rings. The molecular formula is C15H21N3O3. The summed E-state index contributed by atoms with van der Waals surface area (Å²) in [5, 5.41) is 0. The molecule has 21 heavy (non-hydrogen) atoms. The Bertz CT molecular complexity index is 519. The van der Waals surface area contributed by atoms with Crippen LogP contribution in [0.25, 0.3) is 0 Å². The van der Waals surface area contributed by atoms with Crippen molar-refractivity contribution in [2.24, 2.45) is 11.7 Å². The zero-order valence-corrected chi connectivity index (χ0v) is 11.9. The van der Waals surface area contributed by atoms with Crippen LogP contribution in [0.5, 0.6) is 11.5 Å². The Morgan fingerprint density at radius 1 is 1.05 bits per heavy atom. The highest BCUT2D eigenvalue weighted by Gasteiger charge is 2.40. The fourth-order valence-electron chi connectivity index (χ4n) is 3.62. The molecule has 3 aliphatic heterocycles. The van der Waals surface area contributed by atoms with E-state index >= 15 is 0 Å². The first-order valence-corrected chi connectivity index (χ1v) is 7.57. The molecule has 4 rings (SSSR count). The summed E-state index contributed by atoms with van der Waals surface area (Å²) in [6.45, 7) is 1.98. The first kappa shape index (κ1) is 13.3. The summed E-state index contributed by atoms with van der Waals surface area (Å²) in [4.78, 5) is 0. The molecule has 0 amide bonds. The molecule has 2 fully saturated rings. The quantitative estimate of drug-likeness (QED) is 0.744. The molecule has 0 aromatic heterocycles. The monoisotopic (exact) mass is 291 g/mol. The van der Waals surface area contributed by atoms with Gasteiger partial charge in [0.15, 0.2) is 11.5 Å². The van der Waals surface area contributed by atoms with E-state index in [1.807, 2.05) is 6.07 Å². The van der Waals surface area contributed by atoms with Gasteiger partial charge in [0.1, 0.15) is 0 Å². The normalized spacial score (nSPS) is 32.5. The third kappa shape index (κ3) is 2.38. The lowest BCUT2D eigenvalue weighted by Crippen LogP contribution is -2.40. The van der Waals surface area contributed by atoms with Crippen LogP contribution in [0.3, 0.4) is 0 Å². The summed E-state index contributed by atoms with van der Waals surface area (Å²) in [6.07, 6.45) is 2.05. The predicted octanol–water partition coefficient (Wildman–Crippen LogP) is 0.687. The zero-order valence-electron chi connectivity index (χ0n) is 11.9. The molecule has 114 valence electrons. The SMILES string of the molecule is NC1NNC(C2CCOCC2)C1c1ccc2c(c1)OCO2. The topological polar surface area (TPSA) is 77.8 Å². The van der Waals surface area contributed by atoms with Gasteiger partial charge in [0.05, 0.1) is 6.17 Å². The molecule has 6 heteroatoms. The van der Waals surface area contributed by atoms with Gasteiger partial charge in [0, 0.05) is 25.2 Å². The van der Waals surface area contributed by atoms with Crippen molar-refractivity contribution < 1.29 is 14.2 Å². The highest BCUT2D eigenvalue weighted by atomic mass is 16.7. The first-order chi connectivity index (χ1) is 10.3. The largest absolute Gasteiger partial charge is 0.454 e. The van der Waals surface area contributed by atoms with Crippen LogP contribution in [0.2, 0.25) is 0 Å². The molecule has 3 heterocycles. The van der Waals surface area contributed by atoms with Crippen LogP contribution in [-0.4, -0.2) is 32.2 Å². The van der Waals surface area contributed by atoms with Crippen LogP contribution in [0.15, 0.2) is 18.2 Å². The van der Waals surface area contributed by atoms with Crippen molar-refractivity contribution in [1.82, 2.24) is 10.9 Å². The van der Waals surface area contributed by atoms with E-state index in [-0.39, 0.29) is 12.1 Å². The lowest BCUT2D eigenvalue weighted by molar-refractivity contribution is 0.0534. The molecule has 0 bridgehead atoms. The van der Waals surface area contributed by atoms with E-state index in [0.717, 1.165) is 37.6 Å². The fourth-order valence-corrected chi connectivity index (χ4v) is 3.62. The Morgan fingerprint density at radius 2 is 1.86 bits per heavy atom. The van der Waals surface area contributed by atoms with E-state index in [1.54, 1.807) is 0 Å². The second-order valence-corrected chi connectivity index (χ2v) is 5.93. The van der Waals surface area contributed by atoms with Gasteiger partial charge >= 0.3 is 0 Å². The van der Waals surface area contributed by atoms with E-state index in [0.29, 0.717) is 18.8 Å². The van der Waals surface area contributed by atoms with Gasteiger partial charge in [-0.3, -0.25) is 5.43 Å². The van der Waals surface area contributed by atoms with E-state index in [1.165, 1.54) is 5.56 Å². The minimum Gasteiger partial charge on any atom is -0.454 e. The van der Waals surface area contributed by atoms with Crippen molar-refractivity contribution in [1.29, 1.82) is 0 Å². The zero-order chi connectivity index (χ0) is 14.2. The molecule has 0 radical (unpaired) electrons. The van der Waals surface area contributed by atoms with Crippen LogP contribution in [0, 0.1) is 5.92 Å². The Hall–Kier alpha value is -1.34. The second kappa shape index (κ2) is 5.46. The molecule has 2 saturated heterocycles.